The van der Waals surface area contributed by atoms with E-state index in [-0.39, 0.29) is 35.6 Å². The summed E-state index contributed by atoms with van der Waals surface area (Å²) in [4.78, 5) is 43.3. The van der Waals surface area contributed by atoms with Crippen LogP contribution in [0.4, 0.5) is 0 Å². The van der Waals surface area contributed by atoms with Gasteiger partial charge in [0.05, 0.1) is 10.8 Å². The summed E-state index contributed by atoms with van der Waals surface area (Å²) in [7, 11) is -1.96. The molecule has 2 saturated carbocycles. The fourth-order valence-corrected chi connectivity index (χ4v) is 9.68. The van der Waals surface area contributed by atoms with E-state index < -0.39 is 49.4 Å². The predicted octanol–water partition coefficient (Wildman–Crippen LogP) is 8.16. The number of hydrogen-bond acceptors (Lipinski definition) is 8. The van der Waals surface area contributed by atoms with Gasteiger partial charge in [0, 0.05) is 20.1 Å². The topological polar surface area (TPSA) is 100 Å². The lowest BCUT2D eigenvalue weighted by Crippen LogP contribution is -2.64. The predicted molar refractivity (Wildman–Crippen MR) is 162 cm³/mol. The average molecular weight is 618 g/mol. The smallest absolute Gasteiger partial charge is 0.311 e. The van der Waals surface area contributed by atoms with Crippen molar-refractivity contribution in [3.63, 3.8) is 0 Å². The zero-order valence-electron chi connectivity index (χ0n) is 27.5. The first kappa shape index (κ1) is 32.7. The van der Waals surface area contributed by atoms with Gasteiger partial charge >= 0.3 is 11.9 Å². The monoisotopic (exact) mass is 617 g/mol. The fraction of sp³-hybridized carbons (Fsp3) is 0.935. The van der Waals surface area contributed by atoms with Crippen molar-refractivity contribution >= 4 is 31.9 Å². The molecular weight excluding hydrogens is 562 g/mol. The number of fused-ring (bicyclic) bond motifs is 1. The fourth-order valence-electron chi connectivity index (χ4n) is 7.12. The Bertz CT molecular complexity index is 954. The van der Waals surface area contributed by atoms with Crippen molar-refractivity contribution in [1.29, 1.82) is 0 Å². The van der Waals surface area contributed by atoms with Crippen LogP contribution in [0.1, 0.15) is 107 Å². The molecular formula is C31H54ClNO7Si. The van der Waals surface area contributed by atoms with Crippen molar-refractivity contribution in [2.45, 2.75) is 148 Å². The molecule has 3 rings (SSSR count). The van der Waals surface area contributed by atoms with Crippen LogP contribution in [0.15, 0.2) is 5.34 Å². The molecule has 3 fully saturated rings. The average Bonchev–Trinajstić information content (AvgIpc) is 2.90. The molecule has 1 heterocycles. The van der Waals surface area contributed by atoms with Gasteiger partial charge in [-0.3, -0.25) is 9.59 Å². The summed E-state index contributed by atoms with van der Waals surface area (Å²) in [5.41, 5.74) is -2.04. The van der Waals surface area contributed by atoms with Crippen LogP contribution in [-0.4, -0.2) is 43.6 Å². The number of halogens is 1. The van der Waals surface area contributed by atoms with Gasteiger partial charge in [-0.1, -0.05) is 40.5 Å². The lowest BCUT2D eigenvalue weighted by Gasteiger charge is -2.57. The molecule has 0 bridgehead atoms. The summed E-state index contributed by atoms with van der Waals surface area (Å²) in [6.07, 6.45) is 4.39. The summed E-state index contributed by atoms with van der Waals surface area (Å²) >= 11 is 7.03. The first-order valence-corrected chi connectivity index (χ1v) is 19.3. The third-order valence-corrected chi connectivity index (χ3v) is 13.3. The minimum Gasteiger partial charge on any atom is -0.461 e. The molecule has 236 valence electrons. The molecule has 10 heteroatoms. The van der Waals surface area contributed by atoms with Crippen LogP contribution < -0.4 is 0 Å². The Kier molecular flexibility index (Phi) is 11.2. The third kappa shape index (κ3) is 8.05. The van der Waals surface area contributed by atoms with E-state index in [0.717, 1.165) is 25.3 Å². The minimum atomic E-state index is -1.96. The van der Waals surface area contributed by atoms with Gasteiger partial charge in [-0.2, -0.15) is 0 Å². The Morgan fingerprint density at radius 3 is 2.56 bits per heavy atom. The maximum absolute atomic E-state index is 13.3. The maximum atomic E-state index is 13.3. The Hall–Kier alpha value is -1.19. The normalized spacial score (nSPS) is 38.3. The van der Waals surface area contributed by atoms with Crippen molar-refractivity contribution in [3.8, 4) is 0 Å². The quantitative estimate of drug-likeness (QED) is 0.0675. The Balaban J connectivity index is 1.87. The van der Waals surface area contributed by atoms with Crippen molar-refractivity contribution in [2.24, 2.45) is 40.3 Å². The summed E-state index contributed by atoms with van der Waals surface area (Å²) in [6, 6.07) is 1.03. The van der Waals surface area contributed by atoms with Crippen LogP contribution in [0.25, 0.3) is 0 Å². The van der Waals surface area contributed by atoms with Gasteiger partial charge in [-0.15, -0.1) is 16.5 Å². The maximum Gasteiger partial charge on any atom is 0.311 e. The number of nitrogens with zero attached hydrogens (tertiary/aromatic N) is 1. The zero-order chi connectivity index (χ0) is 31.5. The summed E-state index contributed by atoms with van der Waals surface area (Å²) < 4.78 is 27.4. The highest BCUT2D eigenvalue weighted by molar-refractivity contribution is 6.71. The molecule has 0 N–H and O–H groups in total. The molecule has 41 heavy (non-hydrogen) atoms. The van der Waals surface area contributed by atoms with Crippen LogP contribution in [0.5, 0.6) is 0 Å². The van der Waals surface area contributed by atoms with Gasteiger partial charge in [0.25, 0.3) is 0 Å². The van der Waals surface area contributed by atoms with E-state index in [1.165, 1.54) is 0 Å². The van der Waals surface area contributed by atoms with E-state index in [1.54, 1.807) is 0 Å². The molecule has 0 aromatic carbocycles. The molecule has 1 aliphatic heterocycles. The highest BCUT2D eigenvalue weighted by atomic mass is 35.5. The third-order valence-electron chi connectivity index (χ3n) is 10.1. The van der Waals surface area contributed by atoms with Crippen LogP contribution in [0.3, 0.4) is 0 Å². The highest BCUT2D eigenvalue weighted by Gasteiger charge is 2.63. The number of unbranched alkanes of at least 4 members (excludes halogenated alkanes) is 1. The number of esters is 2. The molecule has 0 aromatic rings. The van der Waals surface area contributed by atoms with Crippen molar-refractivity contribution in [3.05, 3.63) is 4.91 Å². The summed E-state index contributed by atoms with van der Waals surface area (Å²) in [5, 5.41) is 2.23. The molecule has 0 radical (unpaired) electrons. The van der Waals surface area contributed by atoms with Gasteiger partial charge in [0.2, 0.25) is 0 Å². The van der Waals surface area contributed by atoms with Gasteiger partial charge in [0.1, 0.15) is 6.10 Å². The minimum absolute atomic E-state index is 0.0441. The number of alkyl halides is 1. The number of hydrogen-bond donors (Lipinski definition) is 0. The lowest BCUT2D eigenvalue weighted by molar-refractivity contribution is -0.217. The largest absolute Gasteiger partial charge is 0.461 e. The van der Waals surface area contributed by atoms with E-state index in [2.05, 4.69) is 32.3 Å². The van der Waals surface area contributed by atoms with Crippen LogP contribution in [0.2, 0.25) is 19.1 Å². The van der Waals surface area contributed by atoms with E-state index >= 15 is 0 Å². The standard InChI is InChI=1S/C31H54ClNO7Si/c1-9-11-16-41(7,8)39-26-19-22(18-25(34)38-26)12-13-23-20(3)14-15-31(40-33-36)27(23)24(17-21(4)28(31)32)37-29(35)30(5,6)10-2/h20-24,26-28H,9-19H2,1-8H3/t20-,21+,22-,23-,24-,26+,27-,28-,31-/m0/s1/i15T/t15?,20-,21+,22-,23-,24-,26+,27-,28-,31-. The second-order valence-electron chi connectivity index (χ2n) is 14.2. The summed E-state index contributed by atoms with van der Waals surface area (Å²) in [6.45, 7) is 16.3. The van der Waals surface area contributed by atoms with Crippen LogP contribution in [-0.2, 0) is 28.3 Å². The van der Waals surface area contributed by atoms with Crippen molar-refractivity contribution < 1.29 is 29.7 Å². The first-order chi connectivity index (χ1) is 19.6. The zero-order valence-corrected chi connectivity index (χ0v) is 28.2. The second-order valence-corrected chi connectivity index (χ2v) is 18.9. The van der Waals surface area contributed by atoms with E-state index in [4.69, 9.17) is 31.7 Å². The SMILES string of the molecule is [3H]C1C[C@H](C)[C@H](CC[C@H]2CC(=O)O[C@H](O[Si](C)(C)CCCC)C2)[C@H]2[C@@H](OC(=O)C(C)(C)CC)C[C@@H](C)[C@H](Cl)[C@]12ON=O. The van der Waals surface area contributed by atoms with Gasteiger partial charge in [0.15, 0.2) is 25.5 Å². The molecule has 0 aromatic heterocycles. The molecule has 3 aliphatic rings. The van der Waals surface area contributed by atoms with Crippen LogP contribution in [0, 0.1) is 39.9 Å². The number of carbonyl (C=O) groups is 2. The van der Waals surface area contributed by atoms with Gasteiger partial charge in [-0.25, -0.2) is 0 Å². The van der Waals surface area contributed by atoms with Gasteiger partial charge in [-0.05, 0) is 95.2 Å². The van der Waals surface area contributed by atoms with Crippen molar-refractivity contribution in [2.75, 3.05) is 0 Å². The van der Waals surface area contributed by atoms with Gasteiger partial charge < -0.3 is 18.7 Å². The molecule has 10 atom stereocenters. The Morgan fingerprint density at radius 1 is 1.22 bits per heavy atom. The molecule has 1 saturated heterocycles. The Morgan fingerprint density at radius 2 is 1.93 bits per heavy atom. The molecule has 2 aliphatic carbocycles. The Labute approximate surface area is 254 Å². The van der Waals surface area contributed by atoms with E-state index in [9.17, 15) is 14.5 Å². The number of ether oxygens (including phenoxy) is 2. The number of rotatable bonds is 13. The number of cyclic esters (lactones) is 1. The second kappa shape index (κ2) is 14.1. The summed E-state index contributed by atoms with van der Waals surface area (Å²) in [5.74, 6) is -1.02. The first-order valence-electron chi connectivity index (χ1n) is 16.3. The highest BCUT2D eigenvalue weighted by Crippen LogP contribution is 2.56. The lowest BCUT2D eigenvalue weighted by atomic mass is 9.55. The van der Waals surface area contributed by atoms with Crippen LogP contribution >= 0.6 is 11.6 Å². The molecule has 0 amide bonds. The molecule has 8 nitrogen and oxygen atoms in total. The van der Waals surface area contributed by atoms with Crippen molar-refractivity contribution in [1.82, 2.24) is 0 Å². The molecule has 0 spiro atoms. The van der Waals surface area contributed by atoms with E-state index in [1.807, 2.05) is 27.7 Å². The van der Waals surface area contributed by atoms with E-state index in [0.29, 0.717) is 38.5 Å². The molecule has 1 unspecified atom stereocenters. The number of carbonyl (C=O) groups excluding carboxylic acids is 2.